The monoisotopic (exact) mass is 565 g/mol. The summed E-state index contributed by atoms with van der Waals surface area (Å²) in [5.74, 6) is 1.41. The SMILES string of the molecule is COc1ccc2c(C(=O)c3cc(OC)c(OC)c(OC)c3)cn(Cc3ccc(C(=O)Nc4ccccc4N)cc3)c2c1. The largest absolute Gasteiger partial charge is 0.497 e. The fourth-order valence-corrected chi connectivity index (χ4v) is 4.84. The molecule has 5 aromatic rings. The third-order valence-electron chi connectivity index (χ3n) is 7.04. The minimum absolute atomic E-state index is 0.199. The van der Waals surface area contributed by atoms with Crippen LogP contribution in [0.1, 0.15) is 31.8 Å². The van der Waals surface area contributed by atoms with E-state index in [4.69, 9.17) is 24.7 Å². The number of fused-ring (bicyclic) bond motifs is 1. The number of rotatable bonds is 10. The zero-order chi connectivity index (χ0) is 29.8. The summed E-state index contributed by atoms with van der Waals surface area (Å²) in [6.45, 7) is 0.458. The lowest BCUT2D eigenvalue weighted by molar-refractivity contribution is 0.102. The number of nitrogens with zero attached hydrogens (tertiary/aromatic N) is 1. The highest BCUT2D eigenvalue weighted by molar-refractivity contribution is 6.17. The van der Waals surface area contributed by atoms with Gasteiger partial charge in [0.25, 0.3) is 5.91 Å². The lowest BCUT2D eigenvalue weighted by Gasteiger charge is -2.13. The van der Waals surface area contributed by atoms with Crippen LogP contribution >= 0.6 is 0 Å². The molecule has 1 aromatic heterocycles. The number of methoxy groups -OCH3 is 4. The first-order valence-corrected chi connectivity index (χ1v) is 13.1. The van der Waals surface area contributed by atoms with Gasteiger partial charge >= 0.3 is 0 Å². The third kappa shape index (κ3) is 5.44. The summed E-state index contributed by atoms with van der Waals surface area (Å²) in [4.78, 5) is 26.6. The molecule has 0 radical (unpaired) electrons. The maximum atomic E-state index is 13.9. The number of carbonyl (C=O) groups is 2. The first-order chi connectivity index (χ1) is 20.4. The zero-order valence-electron chi connectivity index (χ0n) is 23.8. The van der Waals surface area contributed by atoms with E-state index in [1.54, 1.807) is 43.5 Å². The van der Waals surface area contributed by atoms with Crippen LogP contribution in [-0.4, -0.2) is 44.7 Å². The van der Waals surface area contributed by atoms with Gasteiger partial charge in [-0.2, -0.15) is 0 Å². The van der Waals surface area contributed by atoms with Gasteiger partial charge < -0.3 is 34.6 Å². The normalized spacial score (nSPS) is 10.8. The van der Waals surface area contributed by atoms with Gasteiger partial charge in [-0.25, -0.2) is 0 Å². The Balaban J connectivity index is 1.47. The second-order valence-corrected chi connectivity index (χ2v) is 9.54. The number of ketones is 1. The highest BCUT2D eigenvalue weighted by Crippen LogP contribution is 2.39. The predicted octanol–water partition coefficient (Wildman–Crippen LogP) is 5.79. The fraction of sp³-hybridized carbons (Fsp3) is 0.152. The Morgan fingerprint density at radius 2 is 1.48 bits per heavy atom. The molecule has 0 saturated heterocycles. The highest BCUT2D eigenvalue weighted by atomic mass is 16.5. The summed E-state index contributed by atoms with van der Waals surface area (Å²) in [5, 5.41) is 3.61. The van der Waals surface area contributed by atoms with Crippen LogP contribution in [0.4, 0.5) is 11.4 Å². The highest BCUT2D eigenvalue weighted by Gasteiger charge is 2.22. The van der Waals surface area contributed by atoms with Gasteiger partial charge in [-0.1, -0.05) is 24.3 Å². The molecule has 9 nitrogen and oxygen atoms in total. The van der Waals surface area contributed by atoms with Crippen molar-refractivity contribution in [3.8, 4) is 23.0 Å². The summed E-state index contributed by atoms with van der Waals surface area (Å²) in [6.07, 6.45) is 1.83. The molecule has 0 saturated carbocycles. The Labute approximate surface area is 243 Å². The number of aromatic nitrogens is 1. The standard InChI is InChI=1S/C33H31N3O6/c1-39-23-13-14-24-25(31(37)22-15-29(40-2)32(42-4)30(16-22)41-3)19-36(28(24)17-23)18-20-9-11-21(12-10-20)33(38)35-27-8-6-5-7-26(27)34/h5-17,19H,18,34H2,1-4H3,(H,35,38). The molecule has 3 N–H and O–H groups in total. The Morgan fingerprint density at radius 1 is 0.786 bits per heavy atom. The molecule has 214 valence electrons. The van der Waals surface area contributed by atoms with Gasteiger partial charge in [-0.05, 0) is 54.1 Å². The van der Waals surface area contributed by atoms with Crippen molar-refractivity contribution in [1.29, 1.82) is 0 Å². The van der Waals surface area contributed by atoms with Gasteiger partial charge in [0.2, 0.25) is 5.75 Å². The average molecular weight is 566 g/mol. The van der Waals surface area contributed by atoms with E-state index in [0.717, 1.165) is 16.5 Å². The molecule has 0 bridgehead atoms. The first kappa shape index (κ1) is 28.1. The number of anilines is 2. The van der Waals surface area contributed by atoms with E-state index in [1.165, 1.54) is 21.3 Å². The van der Waals surface area contributed by atoms with Gasteiger partial charge in [0.05, 0.1) is 45.3 Å². The molecule has 0 unspecified atom stereocenters. The molecule has 9 heteroatoms. The maximum Gasteiger partial charge on any atom is 0.255 e. The van der Waals surface area contributed by atoms with E-state index in [1.807, 2.05) is 53.2 Å². The smallest absolute Gasteiger partial charge is 0.255 e. The van der Waals surface area contributed by atoms with Crippen LogP contribution in [0.2, 0.25) is 0 Å². The van der Waals surface area contributed by atoms with Crippen molar-refractivity contribution in [3.05, 3.63) is 107 Å². The molecular weight excluding hydrogens is 534 g/mol. The van der Waals surface area contributed by atoms with Crippen LogP contribution < -0.4 is 30.0 Å². The molecule has 1 amide bonds. The fourth-order valence-electron chi connectivity index (χ4n) is 4.84. The van der Waals surface area contributed by atoms with E-state index in [0.29, 0.717) is 57.6 Å². The molecule has 0 aliphatic carbocycles. The molecule has 0 aliphatic rings. The van der Waals surface area contributed by atoms with E-state index < -0.39 is 0 Å². The summed E-state index contributed by atoms with van der Waals surface area (Å²) < 4.78 is 23.8. The van der Waals surface area contributed by atoms with Crippen LogP contribution in [0.15, 0.2) is 85.1 Å². The quantitative estimate of drug-likeness (QED) is 0.163. The topological polar surface area (TPSA) is 114 Å². The van der Waals surface area contributed by atoms with Crippen molar-refractivity contribution in [2.45, 2.75) is 6.54 Å². The van der Waals surface area contributed by atoms with Gasteiger partial charge in [0.1, 0.15) is 5.75 Å². The summed E-state index contributed by atoms with van der Waals surface area (Å²) in [6, 6.07) is 23.3. The minimum atomic E-state index is -0.256. The first-order valence-electron chi connectivity index (χ1n) is 13.1. The number of benzene rings is 4. The molecule has 0 spiro atoms. The Kier molecular flexibility index (Phi) is 8.01. The second-order valence-electron chi connectivity index (χ2n) is 9.54. The Bertz CT molecular complexity index is 1750. The van der Waals surface area contributed by atoms with E-state index in [9.17, 15) is 9.59 Å². The van der Waals surface area contributed by atoms with Crippen LogP contribution in [0.3, 0.4) is 0 Å². The number of carbonyl (C=O) groups excluding carboxylic acids is 2. The number of ether oxygens (including phenoxy) is 4. The van der Waals surface area contributed by atoms with Crippen molar-refractivity contribution in [2.24, 2.45) is 0 Å². The number of nitrogen functional groups attached to an aromatic ring is 1. The van der Waals surface area contributed by atoms with Crippen molar-refractivity contribution >= 4 is 34.0 Å². The number of hydrogen-bond donors (Lipinski definition) is 2. The van der Waals surface area contributed by atoms with Crippen molar-refractivity contribution in [1.82, 2.24) is 4.57 Å². The zero-order valence-corrected chi connectivity index (χ0v) is 23.8. The minimum Gasteiger partial charge on any atom is -0.497 e. The lowest BCUT2D eigenvalue weighted by atomic mass is 10.0. The van der Waals surface area contributed by atoms with E-state index in [2.05, 4.69) is 5.32 Å². The molecule has 0 aliphatic heterocycles. The average Bonchev–Trinajstić information content (AvgIpc) is 3.38. The summed E-state index contributed by atoms with van der Waals surface area (Å²) >= 11 is 0. The van der Waals surface area contributed by atoms with Crippen LogP contribution in [-0.2, 0) is 6.54 Å². The number of para-hydroxylation sites is 2. The Morgan fingerprint density at radius 3 is 2.10 bits per heavy atom. The van der Waals surface area contributed by atoms with Gasteiger partial charge in [-0.15, -0.1) is 0 Å². The molecule has 0 atom stereocenters. The van der Waals surface area contributed by atoms with E-state index in [-0.39, 0.29) is 11.7 Å². The Hall–Kier alpha value is -5.44. The van der Waals surface area contributed by atoms with Crippen molar-refractivity contribution in [2.75, 3.05) is 39.5 Å². The number of nitrogens with one attached hydrogen (secondary N) is 1. The van der Waals surface area contributed by atoms with Crippen LogP contribution in [0.25, 0.3) is 10.9 Å². The number of amides is 1. The van der Waals surface area contributed by atoms with E-state index >= 15 is 0 Å². The maximum absolute atomic E-state index is 13.9. The predicted molar refractivity (Wildman–Crippen MR) is 162 cm³/mol. The van der Waals surface area contributed by atoms with Crippen LogP contribution in [0.5, 0.6) is 23.0 Å². The van der Waals surface area contributed by atoms with Crippen LogP contribution in [0, 0.1) is 0 Å². The van der Waals surface area contributed by atoms with Crippen molar-refractivity contribution < 1.29 is 28.5 Å². The molecular formula is C33H31N3O6. The molecule has 1 heterocycles. The summed E-state index contributed by atoms with van der Waals surface area (Å²) in [5.41, 5.74) is 10.2. The lowest BCUT2D eigenvalue weighted by Crippen LogP contribution is -2.13. The number of hydrogen-bond acceptors (Lipinski definition) is 7. The molecule has 0 fully saturated rings. The number of nitrogens with two attached hydrogens (primary N) is 1. The molecule has 42 heavy (non-hydrogen) atoms. The second kappa shape index (κ2) is 12.0. The van der Waals surface area contributed by atoms with Gasteiger partial charge in [0, 0.05) is 40.9 Å². The summed E-state index contributed by atoms with van der Waals surface area (Å²) in [7, 11) is 6.13. The molecule has 4 aromatic carbocycles. The van der Waals surface area contributed by atoms with Gasteiger partial charge in [-0.3, -0.25) is 9.59 Å². The third-order valence-corrected chi connectivity index (χ3v) is 7.04. The van der Waals surface area contributed by atoms with Crippen molar-refractivity contribution in [3.63, 3.8) is 0 Å². The molecule has 5 rings (SSSR count). The van der Waals surface area contributed by atoms with Gasteiger partial charge in [0.15, 0.2) is 17.3 Å².